The molecule has 3 N–H and O–H groups in total. The number of rotatable bonds is 8. The van der Waals surface area contributed by atoms with Crippen LogP contribution in [0.1, 0.15) is 27.6 Å². The van der Waals surface area contributed by atoms with Crippen molar-refractivity contribution in [2.45, 2.75) is 17.1 Å². The Morgan fingerprint density at radius 2 is 1.71 bits per heavy atom. The molecule has 3 rings (SSSR count). The molecule has 11 heteroatoms. The molecule has 0 aliphatic rings. The van der Waals surface area contributed by atoms with Crippen LogP contribution in [-0.4, -0.2) is 33.1 Å². The zero-order valence-electron chi connectivity index (χ0n) is 17.7. The number of anilines is 2. The summed E-state index contributed by atoms with van der Waals surface area (Å²) in [6.07, 6.45) is 0. The van der Waals surface area contributed by atoms with Gasteiger partial charge >= 0.3 is 5.97 Å². The fourth-order valence-corrected chi connectivity index (χ4v) is 3.86. The number of nitrogens with one attached hydrogen (secondary N) is 2. The number of nitrogens with zero attached hydrogens (tertiary/aromatic N) is 1. The molecule has 3 aromatic carbocycles. The first kappa shape index (κ1) is 24.7. The van der Waals surface area contributed by atoms with Gasteiger partial charge in [-0.2, -0.15) is 0 Å². The molecule has 0 spiro atoms. The summed E-state index contributed by atoms with van der Waals surface area (Å²) in [7, 11) is 0. The van der Waals surface area contributed by atoms with E-state index < -0.39 is 22.0 Å². The molecular weight excluding hydrogens is 482 g/mol. The number of aromatic carboxylic acids is 1. The number of thioether (sulfide) groups is 1. The number of hydrogen-bond acceptors (Lipinski definition) is 6. The lowest BCUT2D eigenvalue weighted by Crippen LogP contribution is -2.22. The molecule has 0 saturated carbocycles. The second kappa shape index (κ2) is 10.8. The molecule has 2 amide bonds. The highest BCUT2D eigenvalue weighted by Crippen LogP contribution is 2.28. The Labute approximate surface area is 203 Å². The minimum absolute atomic E-state index is 0.00255. The number of amides is 2. The van der Waals surface area contributed by atoms with Gasteiger partial charge in [0.15, 0.2) is 0 Å². The fourth-order valence-electron chi connectivity index (χ4n) is 2.83. The molecule has 1 unspecified atom stereocenters. The van der Waals surface area contributed by atoms with Gasteiger partial charge in [-0.25, -0.2) is 4.79 Å². The first-order valence-corrected chi connectivity index (χ1v) is 11.1. The first-order chi connectivity index (χ1) is 16.1. The van der Waals surface area contributed by atoms with Crippen molar-refractivity contribution in [3.63, 3.8) is 0 Å². The van der Waals surface area contributed by atoms with Crippen molar-refractivity contribution in [1.29, 1.82) is 0 Å². The van der Waals surface area contributed by atoms with Gasteiger partial charge in [0, 0.05) is 28.3 Å². The number of nitro benzene ring substituents is 1. The third-order valence-electron chi connectivity index (χ3n) is 4.58. The van der Waals surface area contributed by atoms with Crippen molar-refractivity contribution in [3.8, 4) is 0 Å². The average molecular weight is 500 g/mol. The maximum absolute atomic E-state index is 12.6. The van der Waals surface area contributed by atoms with Gasteiger partial charge in [-0.3, -0.25) is 19.7 Å². The van der Waals surface area contributed by atoms with Crippen LogP contribution in [0.5, 0.6) is 0 Å². The summed E-state index contributed by atoms with van der Waals surface area (Å²) in [6.45, 7) is 1.69. The largest absolute Gasteiger partial charge is 0.478 e. The first-order valence-electron chi connectivity index (χ1n) is 9.80. The maximum Gasteiger partial charge on any atom is 0.335 e. The van der Waals surface area contributed by atoms with Gasteiger partial charge < -0.3 is 15.7 Å². The van der Waals surface area contributed by atoms with Crippen LogP contribution in [0.25, 0.3) is 0 Å². The summed E-state index contributed by atoms with van der Waals surface area (Å²) < 4.78 is 0. The standard InChI is InChI=1S/C23H18ClN3O6S/c1-13(21(28)26-20-12-15(23(30)31)5-10-19(20)24)34-18-8-6-16(7-9-18)25-22(29)14-3-2-4-17(11-14)27(32)33/h2-13H,1H3,(H,25,29)(H,26,28)(H,30,31). The Balaban J connectivity index is 1.61. The van der Waals surface area contributed by atoms with Gasteiger partial charge in [-0.1, -0.05) is 17.7 Å². The summed E-state index contributed by atoms with van der Waals surface area (Å²) in [4.78, 5) is 47.1. The molecule has 0 aliphatic carbocycles. The lowest BCUT2D eigenvalue weighted by molar-refractivity contribution is -0.384. The summed E-state index contributed by atoms with van der Waals surface area (Å²) in [5.74, 6) is -1.98. The molecule has 0 radical (unpaired) electrons. The van der Waals surface area contributed by atoms with Crippen molar-refractivity contribution in [2.24, 2.45) is 0 Å². The fraction of sp³-hybridized carbons (Fsp3) is 0.0870. The van der Waals surface area contributed by atoms with Gasteiger partial charge in [0.25, 0.3) is 11.6 Å². The van der Waals surface area contributed by atoms with Crippen LogP contribution in [0.2, 0.25) is 5.02 Å². The molecule has 174 valence electrons. The Morgan fingerprint density at radius 3 is 2.35 bits per heavy atom. The number of nitro groups is 1. The molecule has 0 fully saturated rings. The van der Waals surface area contributed by atoms with Gasteiger partial charge in [-0.05, 0) is 55.5 Å². The summed E-state index contributed by atoms with van der Waals surface area (Å²) in [5, 5.41) is 25.0. The predicted molar refractivity (Wildman–Crippen MR) is 130 cm³/mol. The number of carboxylic acids is 1. The molecule has 0 bridgehead atoms. The summed E-state index contributed by atoms with van der Waals surface area (Å²) >= 11 is 7.31. The number of benzene rings is 3. The van der Waals surface area contributed by atoms with E-state index in [1.54, 1.807) is 31.2 Å². The number of carboxylic acid groups (broad SMARTS) is 1. The Hall–Kier alpha value is -3.89. The Bertz CT molecular complexity index is 1270. The van der Waals surface area contributed by atoms with Gasteiger partial charge in [0.05, 0.1) is 26.4 Å². The minimum Gasteiger partial charge on any atom is -0.478 e. The van der Waals surface area contributed by atoms with E-state index in [1.807, 2.05) is 0 Å². The molecule has 3 aromatic rings. The van der Waals surface area contributed by atoms with E-state index in [-0.39, 0.29) is 33.4 Å². The van der Waals surface area contributed by atoms with Gasteiger partial charge in [-0.15, -0.1) is 11.8 Å². The molecule has 0 aromatic heterocycles. The van der Waals surface area contributed by atoms with E-state index >= 15 is 0 Å². The molecule has 0 heterocycles. The molecule has 0 aliphatic heterocycles. The predicted octanol–water partition coefficient (Wildman–Crippen LogP) is 5.32. The van der Waals surface area contributed by atoms with Crippen LogP contribution < -0.4 is 10.6 Å². The summed E-state index contributed by atoms with van der Waals surface area (Å²) in [5.41, 5.74) is 0.669. The van der Waals surface area contributed by atoms with Gasteiger partial charge in [0.1, 0.15) is 0 Å². The van der Waals surface area contributed by atoms with Crippen molar-refractivity contribution in [2.75, 3.05) is 10.6 Å². The second-order valence-corrected chi connectivity index (χ2v) is 8.86. The number of hydrogen-bond donors (Lipinski definition) is 3. The topological polar surface area (TPSA) is 139 Å². The number of carbonyl (C=O) groups excluding carboxylic acids is 2. The van der Waals surface area contributed by atoms with E-state index in [2.05, 4.69) is 10.6 Å². The van der Waals surface area contributed by atoms with E-state index in [1.165, 1.54) is 54.2 Å². The average Bonchev–Trinajstić information content (AvgIpc) is 2.81. The minimum atomic E-state index is -1.13. The normalized spacial score (nSPS) is 11.4. The maximum atomic E-state index is 12.6. The highest BCUT2D eigenvalue weighted by atomic mass is 35.5. The monoisotopic (exact) mass is 499 g/mol. The Kier molecular flexibility index (Phi) is 7.87. The zero-order valence-corrected chi connectivity index (χ0v) is 19.2. The molecule has 1 atom stereocenters. The van der Waals surface area contributed by atoms with Gasteiger partial charge in [0.2, 0.25) is 5.91 Å². The van der Waals surface area contributed by atoms with Crippen molar-refractivity contribution in [1.82, 2.24) is 0 Å². The second-order valence-electron chi connectivity index (χ2n) is 7.04. The van der Waals surface area contributed by atoms with Crippen molar-refractivity contribution < 1.29 is 24.4 Å². The Morgan fingerprint density at radius 1 is 1.00 bits per heavy atom. The summed E-state index contributed by atoms with van der Waals surface area (Å²) in [6, 6.07) is 16.2. The number of carbonyl (C=O) groups is 3. The molecular formula is C23H18ClN3O6S. The molecule has 34 heavy (non-hydrogen) atoms. The van der Waals surface area contributed by atoms with Crippen LogP contribution in [0.3, 0.4) is 0 Å². The molecule has 9 nitrogen and oxygen atoms in total. The number of halogens is 1. The van der Waals surface area contributed by atoms with E-state index in [0.717, 1.165) is 4.90 Å². The van der Waals surface area contributed by atoms with Crippen LogP contribution in [-0.2, 0) is 4.79 Å². The van der Waals surface area contributed by atoms with E-state index in [0.29, 0.717) is 5.69 Å². The lowest BCUT2D eigenvalue weighted by atomic mass is 10.2. The number of non-ortho nitro benzene ring substituents is 1. The third kappa shape index (κ3) is 6.33. The van der Waals surface area contributed by atoms with Crippen LogP contribution in [0, 0.1) is 10.1 Å². The van der Waals surface area contributed by atoms with Crippen LogP contribution >= 0.6 is 23.4 Å². The van der Waals surface area contributed by atoms with Crippen molar-refractivity contribution in [3.05, 3.63) is 93.0 Å². The highest BCUT2D eigenvalue weighted by molar-refractivity contribution is 8.00. The highest BCUT2D eigenvalue weighted by Gasteiger charge is 2.17. The SMILES string of the molecule is CC(Sc1ccc(NC(=O)c2cccc([N+](=O)[O-])c2)cc1)C(=O)Nc1cc(C(=O)O)ccc1Cl. The van der Waals surface area contributed by atoms with Crippen molar-refractivity contribution >= 4 is 58.2 Å². The lowest BCUT2D eigenvalue weighted by Gasteiger charge is -2.14. The third-order valence-corrected chi connectivity index (χ3v) is 6.03. The molecule has 0 saturated heterocycles. The van der Waals surface area contributed by atoms with E-state index in [9.17, 15) is 24.5 Å². The quantitative estimate of drug-likeness (QED) is 0.216. The smallest absolute Gasteiger partial charge is 0.335 e. The van der Waals surface area contributed by atoms with Crippen LogP contribution in [0.4, 0.5) is 17.1 Å². The van der Waals surface area contributed by atoms with Crippen LogP contribution in [0.15, 0.2) is 71.6 Å². The van der Waals surface area contributed by atoms with E-state index in [4.69, 9.17) is 16.7 Å². The zero-order chi connectivity index (χ0) is 24.8.